The molecule has 0 unspecified atom stereocenters. The van der Waals surface area contributed by atoms with Crippen LogP contribution >= 0.6 is 0 Å². The van der Waals surface area contributed by atoms with Crippen LogP contribution in [0.15, 0.2) is 218 Å². The van der Waals surface area contributed by atoms with Crippen LogP contribution < -0.4 is 20.5 Å². The molecule has 0 fully saturated rings. The summed E-state index contributed by atoms with van der Waals surface area (Å²) in [6.07, 6.45) is 6.74. The summed E-state index contributed by atoms with van der Waals surface area (Å²) in [5, 5.41) is 6.59. The van der Waals surface area contributed by atoms with Crippen LogP contribution in [0.25, 0.3) is 29.0 Å². The van der Waals surface area contributed by atoms with Gasteiger partial charge in [0, 0.05) is 17.1 Å². The third kappa shape index (κ3) is 6.93. The molecule has 0 spiro atoms. The molecule has 0 atom stereocenters. The van der Waals surface area contributed by atoms with Crippen LogP contribution in [0.3, 0.4) is 0 Å². The first-order valence-corrected chi connectivity index (χ1v) is 19.9. The normalized spacial score (nSPS) is 11.7. The Morgan fingerprint density at radius 1 is 0.308 bits per heavy atom. The Morgan fingerprint density at radius 2 is 0.654 bits per heavy atom. The van der Waals surface area contributed by atoms with Crippen molar-refractivity contribution in [1.29, 1.82) is 0 Å². The second-order valence-electron chi connectivity index (χ2n) is 13.0. The lowest BCUT2D eigenvalue weighted by Gasteiger charge is -2.30. The molecule has 0 amide bonds. The molecule has 0 bridgehead atoms. The van der Waals surface area contributed by atoms with Crippen molar-refractivity contribution in [1.82, 2.24) is 0 Å². The summed E-state index contributed by atoms with van der Waals surface area (Å²) >= 11 is 0. The fourth-order valence-electron chi connectivity index (χ4n) is 7.13. The topological polar surface area (TPSA) is 3.24 Å². The predicted octanol–water partition coefficient (Wildman–Crippen LogP) is 11.2. The van der Waals surface area contributed by atoms with Gasteiger partial charge in [-0.05, 0) is 91.6 Å². The molecule has 0 saturated carbocycles. The lowest BCUT2D eigenvalue weighted by Crippen LogP contribution is -2.66. The summed E-state index contributed by atoms with van der Waals surface area (Å²) in [6, 6.07) is 76.4. The van der Waals surface area contributed by atoms with E-state index in [1.807, 2.05) is 0 Å². The summed E-state index contributed by atoms with van der Waals surface area (Å²) in [6.45, 7) is 0. The summed E-state index contributed by atoms with van der Waals surface area (Å²) in [4.78, 5) is 2.29. The van der Waals surface area contributed by atoms with E-state index in [9.17, 15) is 0 Å². The Hall–Kier alpha value is -6.48. The van der Waals surface area contributed by atoms with Gasteiger partial charge in [0.05, 0.1) is 0 Å². The molecular weight excluding hydrogens is 643 g/mol. The van der Waals surface area contributed by atoms with E-state index in [2.05, 4.69) is 241 Å². The number of anilines is 3. The molecule has 52 heavy (non-hydrogen) atoms. The van der Waals surface area contributed by atoms with E-state index in [0.717, 1.165) is 22.6 Å². The number of fused-ring (bicyclic) bond motifs is 1. The van der Waals surface area contributed by atoms with E-state index in [4.69, 9.17) is 0 Å². The molecule has 0 saturated heterocycles. The van der Waals surface area contributed by atoms with Crippen LogP contribution in [0.2, 0.25) is 0 Å². The van der Waals surface area contributed by atoms with Crippen LogP contribution in [0.4, 0.5) is 17.1 Å². The zero-order valence-corrected chi connectivity index (χ0v) is 30.0. The largest absolute Gasteiger partial charge is 0.311 e. The minimum Gasteiger partial charge on any atom is -0.311 e. The first-order valence-electron chi connectivity index (χ1n) is 17.8. The van der Waals surface area contributed by atoms with Gasteiger partial charge in [0.25, 0.3) is 0 Å². The monoisotopic (exact) mass is 681 g/mol. The van der Waals surface area contributed by atoms with Gasteiger partial charge in [-0.25, -0.2) is 0 Å². The summed E-state index contributed by atoms with van der Waals surface area (Å²) < 4.78 is 0. The third-order valence-electron chi connectivity index (χ3n) is 9.75. The Morgan fingerprint density at radius 3 is 1.10 bits per heavy atom. The lowest BCUT2D eigenvalue weighted by molar-refractivity contribution is 1.28. The number of hydrogen-bond acceptors (Lipinski definition) is 1. The standard InChI is InChI=1S/C50H39NSi/c1-6-16-45(17-7-1)51(46-18-8-2-9-19-46)47-34-30-40(31-35-47)26-27-41-28-32-44-39-42(29-33-43(44)38-41)36-37-52(48-20-10-3-11-21-48,49-22-12-4-13-23-49)50-24-14-5-15-25-50/h1-39H/b27-26+,37-36+. The molecule has 0 aromatic heterocycles. The van der Waals surface area contributed by atoms with Crippen molar-refractivity contribution in [2.45, 2.75) is 0 Å². The highest BCUT2D eigenvalue weighted by atomic mass is 28.3. The van der Waals surface area contributed by atoms with E-state index in [-0.39, 0.29) is 0 Å². The summed E-state index contributed by atoms with van der Waals surface area (Å²) in [5.74, 6) is 0. The van der Waals surface area contributed by atoms with Gasteiger partial charge in [-0.2, -0.15) is 0 Å². The molecule has 248 valence electrons. The molecule has 2 heteroatoms. The second kappa shape index (κ2) is 15.2. The number of rotatable bonds is 10. The van der Waals surface area contributed by atoms with Crippen molar-refractivity contribution in [3.05, 3.63) is 235 Å². The van der Waals surface area contributed by atoms with Gasteiger partial charge >= 0.3 is 0 Å². The number of benzene rings is 8. The molecule has 0 aliphatic rings. The first-order chi connectivity index (χ1) is 25.8. The van der Waals surface area contributed by atoms with Gasteiger partial charge in [0.15, 0.2) is 8.07 Å². The van der Waals surface area contributed by atoms with E-state index in [1.54, 1.807) is 0 Å². The van der Waals surface area contributed by atoms with E-state index in [1.165, 1.54) is 37.5 Å². The maximum absolute atomic E-state index is 2.51. The SMILES string of the molecule is C(=C\c1ccc2cc(/C=C/[Si](c3ccccc3)(c3ccccc3)c3ccccc3)ccc2c1)/c1ccc(N(c2ccccc2)c2ccccc2)cc1. The molecular formula is C50H39NSi. The maximum atomic E-state index is 2.51. The van der Waals surface area contributed by atoms with Crippen LogP contribution in [0, 0.1) is 0 Å². The van der Waals surface area contributed by atoms with Gasteiger partial charge in [-0.15, -0.1) is 0 Å². The van der Waals surface area contributed by atoms with Crippen molar-refractivity contribution in [2.75, 3.05) is 4.90 Å². The number of hydrogen-bond donors (Lipinski definition) is 0. The van der Waals surface area contributed by atoms with E-state index >= 15 is 0 Å². The van der Waals surface area contributed by atoms with Gasteiger partial charge in [-0.1, -0.05) is 188 Å². The quantitative estimate of drug-likeness (QED) is 0.0789. The van der Waals surface area contributed by atoms with Crippen molar-refractivity contribution >= 4 is 69.7 Å². The Kier molecular flexibility index (Phi) is 9.55. The average Bonchev–Trinajstić information content (AvgIpc) is 3.23. The Balaban J connectivity index is 1.06. The molecule has 8 aromatic rings. The predicted molar refractivity (Wildman–Crippen MR) is 227 cm³/mol. The summed E-state index contributed by atoms with van der Waals surface area (Å²) in [5.41, 5.74) is 9.45. The van der Waals surface area contributed by atoms with Crippen LogP contribution in [-0.4, -0.2) is 8.07 Å². The summed E-state index contributed by atoms with van der Waals surface area (Å²) in [7, 11) is -2.46. The lowest BCUT2D eigenvalue weighted by atomic mass is 10.0. The molecule has 8 rings (SSSR count). The molecule has 0 aliphatic carbocycles. The smallest absolute Gasteiger partial charge is 0.172 e. The van der Waals surface area contributed by atoms with Crippen LogP contribution in [0.5, 0.6) is 0 Å². The highest BCUT2D eigenvalue weighted by molar-refractivity contribution is 7.15. The van der Waals surface area contributed by atoms with Crippen LogP contribution in [0.1, 0.15) is 16.7 Å². The number of para-hydroxylation sites is 2. The van der Waals surface area contributed by atoms with Gasteiger partial charge in [0.1, 0.15) is 0 Å². The van der Waals surface area contributed by atoms with Crippen molar-refractivity contribution < 1.29 is 0 Å². The Bertz CT molecular complexity index is 2290. The zero-order valence-electron chi connectivity index (χ0n) is 29.0. The average molecular weight is 682 g/mol. The minimum atomic E-state index is -2.46. The van der Waals surface area contributed by atoms with Crippen LogP contribution in [-0.2, 0) is 0 Å². The molecule has 0 N–H and O–H groups in total. The van der Waals surface area contributed by atoms with Crippen molar-refractivity contribution in [3.63, 3.8) is 0 Å². The maximum Gasteiger partial charge on any atom is 0.172 e. The molecule has 8 aromatic carbocycles. The van der Waals surface area contributed by atoms with E-state index < -0.39 is 8.07 Å². The first kappa shape index (κ1) is 32.7. The van der Waals surface area contributed by atoms with Gasteiger partial charge < -0.3 is 4.90 Å². The fourth-order valence-corrected chi connectivity index (χ4v) is 11.3. The second-order valence-corrected chi connectivity index (χ2v) is 16.7. The molecule has 0 radical (unpaired) electrons. The zero-order chi connectivity index (χ0) is 35.0. The van der Waals surface area contributed by atoms with Gasteiger partial charge in [0.2, 0.25) is 0 Å². The molecule has 0 heterocycles. The number of nitrogens with zero attached hydrogens (tertiary/aromatic N) is 1. The van der Waals surface area contributed by atoms with Crippen molar-refractivity contribution in [3.8, 4) is 0 Å². The highest BCUT2D eigenvalue weighted by Crippen LogP contribution is 2.34. The minimum absolute atomic E-state index is 1.13. The van der Waals surface area contributed by atoms with Crippen molar-refractivity contribution in [2.24, 2.45) is 0 Å². The molecule has 0 aliphatic heterocycles. The molecule has 1 nitrogen and oxygen atoms in total. The van der Waals surface area contributed by atoms with E-state index in [0.29, 0.717) is 0 Å². The third-order valence-corrected chi connectivity index (χ3v) is 14.1. The fraction of sp³-hybridized carbons (Fsp3) is 0. The Labute approximate surface area is 308 Å². The van der Waals surface area contributed by atoms with Gasteiger partial charge in [-0.3, -0.25) is 0 Å². The highest BCUT2D eigenvalue weighted by Gasteiger charge is 2.36.